The Bertz CT molecular complexity index is 869. The summed E-state index contributed by atoms with van der Waals surface area (Å²) >= 11 is 0. The van der Waals surface area contributed by atoms with Gasteiger partial charge in [-0.05, 0) is 24.3 Å². The van der Waals surface area contributed by atoms with Gasteiger partial charge in [0.15, 0.2) is 0 Å². The summed E-state index contributed by atoms with van der Waals surface area (Å²) in [6, 6.07) is 14.0. The van der Waals surface area contributed by atoms with Gasteiger partial charge in [-0.15, -0.1) is 0 Å². The lowest BCUT2D eigenvalue weighted by Crippen LogP contribution is -1.98. The van der Waals surface area contributed by atoms with Gasteiger partial charge in [0.1, 0.15) is 17.5 Å². The van der Waals surface area contributed by atoms with E-state index in [4.69, 9.17) is 0 Å². The molecule has 0 aliphatic rings. The maximum Gasteiger partial charge on any atom is 0.149 e. The van der Waals surface area contributed by atoms with E-state index in [1.165, 1.54) is 12.1 Å². The lowest BCUT2D eigenvalue weighted by atomic mass is 10.1. The van der Waals surface area contributed by atoms with Crippen LogP contribution in [0.1, 0.15) is 5.56 Å². The van der Waals surface area contributed by atoms with Gasteiger partial charge >= 0.3 is 0 Å². The molecule has 3 aromatic rings. The van der Waals surface area contributed by atoms with Crippen LogP contribution in [0.3, 0.4) is 0 Å². The molecule has 0 amide bonds. The lowest BCUT2D eigenvalue weighted by Gasteiger charge is -2.09. The van der Waals surface area contributed by atoms with E-state index in [9.17, 15) is 14.0 Å². The first-order chi connectivity index (χ1) is 10.2. The van der Waals surface area contributed by atoms with Gasteiger partial charge in [0.05, 0.1) is 22.8 Å². The standard InChI is InChI=1S/C16H9F2N3/c17-11-5-6-15(13(18)8-11)21-16-7-10(9-19)12-3-1-2-4-14(12)20-16/h1-8H,(H,20,21). The van der Waals surface area contributed by atoms with E-state index < -0.39 is 11.6 Å². The Morgan fingerprint density at radius 3 is 2.62 bits per heavy atom. The number of nitriles is 1. The Hall–Kier alpha value is -3.00. The maximum atomic E-state index is 13.6. The third-order valence-corrected chi connectivity index (χ3v) is 3.03. The minimum absolute atomic E-state index is 0.100. The van der Waals surface area contributed by atoms with Gasteiger partial charge in [-0.25, -0.2) is 13.8 Å². The zero-order valence-corrected chi connectivity index (χ0v) is 10.8. The number of nitrogens with zero attached hydrogens (tertiary/aromatic N) is 2. The number of fused-ring (bicyclic) bond motifs is 1. The number of hydrogen-bond acceptors (Lipinski definition) is 3. The minimum atomic E-state index is -0.719. The molecule has 1 heterocycles. The number of hydrogen-bond donors (Lipinski definition) is 1. The van der Waals surface area contributed by atoms with Crippen LogP contribution in [0, 0.1) is 23.0 Å². The van der Waals surface area contributed by atoms with Crippen LogP contribution in [0.5, 0.6) is 0 Å². The number of anilines is 2. The highest BCUT2D eigenvalue weighted by Gasteiger charge is 2.08. The highest BCUT2D eigenvalue weighted by Crippen LogP contribution is 2.24. The van der Waals surface area contributed by atoms with Crippen molar-refractivity contribution in [2.24, 2.45) is 0 Å². The molecule has 3 nitrogen and oxygen atoms in total. The average Bonchev–Trinajstić information content (AvgIpc) is 2.49. The molecule has 0 saturated heterocycles. The van der Waals surface area contributed by atoms with Crippen molar-refractivity contribution in [3.63, 3.8) is 0 Å². The predicted molar refractivity (Wildman–Crippen MR) is 76.1 cm³/mol. The van der Waals surface area contributed by atoms with Gasteiger partial charge in [0.25, 0.3) is 0 Å². The van der Waals surface area contributed by atoms with Crippen molar-refractivity contribution in [2.45, 2.75) is 0 Å². The molecule has 5 heteroatoms. The fraction of sp³-hybridized carbons (Fsp3) is 0. The van der Waals surface area contributed by atoms with Gasteiger partial charge in [-0.2, -0.15) is 5.26 Å². The van der Waals surface area contributed by atoms with E-state index in [1.54, 1.807) is 18.2 Å². The van der Waals surface area contributed by atoms with Crippen LogP contribution in [0.4, 0.5) is 20.3 Å². The quantitative estimate of drug-likeness (QED) is 0.768. The topological polar surface area (TPSA) is 48.7 Å². The molecule has 0 unspecified atom stereocenters. The molecule has 0 atom stereocenters. The molecule has 0 bridgehead atoms. The second-order valence-corrected chi connectivity index (χ2v) is 4.43. The molecular weight excluding hydrogens is 272 g/mol. The van der Waals surface area contributed by atoms with Crippen molar-refractivity contribution in [1.29, 1.82) is 5.26 Å². The number of pyridine rings is 1. The van der Waals surface area contributed by atoms with Gasteiger partial charge in [-0.1, -0.05) is 18.2 Å². The van der Waals surface area contributed by atoms with Crippen LogP contribution < -0.4 is 5.32 Å². The second kappa shape index (κ2) is 5.17. The largest absolute Gasteiger partial charge is 0.338 e. The van der Waals surface area contributed by atoms with Gasteiger partial charge < -0.3 is 5.32 Å². The van der Waals surface area contributed by atoms with Crippen molar-refractivity contribution < 1.29 is 8.78 Å². The Morgan fingerprint density at radius 1 is 1.05 bits per heavy atom. The van der Waals surface area contributed by atoms with Crippen molar-refractivity contribution >= 4 is 22.4 Å². The second-order valence-electron chi connectivity index (χ2n) is 4.43. The normalized spacial score (nSPS) is 10.3. The number of halogens is 2. The SMILES string of the molecule is N#Cc1cc(Nc2ccc(F)cc2F)nc2ccccc12. The highest BCUT2D eigenvalue weighted by molar-refractivity contribution is 5.86. The summed E-state index contributed by atoms with van der Waals surface area (Å²) in [5, 5.41) is 12.7. The fourth-order valence-corrected chi connectivity index (χ4v) is 2.06. The highest BCUT2D eigenvalue weighted by atomic mass is 19.1. The average molecular weight is 281 g/mol. The smallest absolute Gasteiger partial charge is 0.149 e. The van der Waals surface area contributed by atoms with Crippen LogP contribution in [0.25, 0.3) is 10.9 Å². The Kier molecular flexibility index (Phi) is 3.20. The van der Waals surface area contributed by atoms with Crippen LogP contribution >= 0.6 is 0 Å². The Balaban J connectivity index is 2.07. The summed E-state index contributed by atoms with van der Waals surface area (Å²) in [5.74, 6) is -1.04. The van der Waals surface area contributed by atoms with Crippen molar-refractivity contribution in [2.75, 3.05) is 5.32 Å². The first-order valence-electron chi connectivity index (χ1n) is 6.19. The molecule has 0 radical (unpaired) electrons. The van der Waals surface area contributed by atoms with Crippen LogP contribution in [0.2, 0.25) is 0 Å². The van der Waals surface area contributed by atoms with Crippen LogP contribution in [-0.4, -0.2) is 4.98 Å². The van der Waals surface area contributed by atoms with Crippen LogP contribution in [0.15, 0.2) is 48.5 Å². The molecule has 21 heavy (non-hydrogen) atoms. The molecule has 1 N–H and O–H groups in total. The molecule has 3 rings (SSSR count). The fourth-order valence-electron chi connectivity index (χ4n) is 2.06. The van der Waals surface area contributed by atoms with Crippen molar-refractivity contribution in [3.8, 4) is 6.07 Å². The van der Waals surface area contributed by atoms with Crippen LogP contribution in [-0.2, 0) is 0 Å². The molecule has 102 valence electrons. The summed E-state index contributed by atoms with van der Waals surface area (Å²) in [5.41, 5.74) is 1.16. The minimum Gasteiger partial charge on any atom is -0.338 e. The summed E-state index contributed by atoms with van der Waals surface area (Å²) in [6.07, 6.45) is 0. The summed E-state index contributed by atoms with van der Waals surface area (Å²) in [6.45, 7) is 0. The van der Waals surface area contributed by atoms with E-state index in [-0.39, 0.29) is 5.69 Å². The lowest BCUT2D eigenvalue weighted by molar-refractivity contribution is 0.586. The summed E-state index contributed by atoms with van der Waals surface area (Å²) in [7, 11) is 0. The molecular formula is C16H9F2N3. The monoisotopic (exact) mass is 281 g/mol. The molecule has 0 saturated carbocycles. The molecule has 1 aromatic heterocycles. The number of aromatic nitrogens is 1. The first-order valence-corrected chi connectivity index (χ1v) is 6.19. The molecule has 0 fully saturated rings. The zero-order chi connectivity index (χ0) is 14.8. The predicted octanol–water partition coefficient (Wildman–Crippen LogP) is 4.13. The molecule has 2 aromatic carbocycles. The Morgan fingerprint density at radius 2 is 1.86 bits per heavy atom. The van der Waals surface area contributed by atoms with Gasteiger partial charge in [0.2, 0.25) is 0 Å². The number of rotatable bonds is 2. The molecule has 0 spiro atoms. The number of benzene rings is 2. The van der Waals surface area contributed by atoms with Gasteiger partial charge in [0, 0.05) is 11.5 Å². The Labute approximate surface area is 119 Å². The van der Waals surface area contributed by atoms with E-state index in [0.29, 0.717) is 16.9 Å². The molecule has 0 aliphatic heterocycles. The van der Waals surface area contributed by atoms with E-state index in [2.05, 4.69) is 16.4 Å². The van der Waals surface area contributed by atoms with E-state index >= 15 is 0 Å². The number of para-hydroxylation sites is 1. The van der Waals surface area contributed by atoms with Crippen molar-refractivity contribution in [1.82, 2.24) is 4.98 Å². The van der Waals surface area contributed by atoms with E-state index in [0.717, 1.165) is 17.5 Å². The van der Waals surface area contributed by atoms with Crippen molar-refractivity contribution in [3.05, 3.63) is 65.7 Å². The number of nitrogens with one attached hydrogen (secondary N) is 1. The molecule has 0 aliphatic carbocycles. The maximum absolute atomic E-state index is 13.6. The van der Waals surface area contributed by atoms with Gasteiger partial charge in [-0.3, -0.25) is 0 Å². The third-order valence-electron chi connectivity index (χ3n) is 3.03. The third kappa shape index (κ3) is 2.51. The summed E-state index contributed by atoms with van der Waals surface area (Å²) in [4.78, 5) is 4.32. The summed E-state index contributed by atoms with van der Waals surface area (Å²) < 4.78 is 26.5. The van der Waals surface area contributed by atoms with E-state index in [1.807, 2.05) is 6.07 Å². The first kappa shape index (κ1) is 13.0. The zero-order valence-electron chi connectivity index (χ0n) is 10.8.